The van der Waals surface area contributed by atoms with Gasteiger partial charge in [-0.05, 0) is 12.1 Å². The van der Waals surface area contributed by atoms with Crippen LogP contribution in [0.5, 0.6) is 5.75 Å². The summed E-state index contributed by atoms with van der Waals surface area (Å²) in [6.07, 6.45) is 0. The second kappa shape index (κ2) is 5.05. The second-order valence-corrected chi connectivity index (χ2v) is 3.85. The standard InChI is InChI=1S/C12H16N2O3/c1-16-6-5-14-8-12(15)13-10-4-3-9(17-2)7-11(10)14/h3-4,7H,5-6,8H2,1-2H3,(H,13,15). The number of methoxy groups -OCH3 is 2. The van der Waals surface area contributed by atoms with Crippen molar-refractivity contribution in [1.29, 1.82) is 0 Å². The molecule has 0 saturated carbocycles. The van der Waals surface area contributed by atoms with Gasteiger partial charge in [0.1, 0.15) is 5.75 Å². The van der Waals surface area contributed by atoms with E-state index in [1.54, 1.807) is 14.2 Å². The summed E-state index contributed by atoms with van der Waals surface area (Å²) >= 11 is 0. The van der Waals surface area contributed by atoms with Gasteiger partial charge in [-0.3, -0.25) is 4.79 Å². The van der Waals surface area contributed by atoms with E-state index >= 15 is 0 Å². The molecular formula is C12H16N2O3. The Morgan fingerprint density at radius 1 is 1.41 bits per heavy atom. The molecule has 1 aliphatic heterocycles. The van der Waals surface area contributed by atoms with E-state index in [-0.39, 0.29) is 5.91 Å². The highest BCUT2D eigenvalue weighted by Crippen LogP contribution is 2.32. The van der Waals surface area contributed by atoms with Crippen molar-refractivity contribution < 1.29 is 14.3 Å². The van der Waals surface area contributed by atoms with Crippen molar-refractivity contribution in [2.24, 2.45) is 0 Å². The molecule has 0 atom stereocenters. The SMILES string of the molecule is COCCN1CC(=O)Nc2ccc(OC)cc21. The van der Waals surface area contributed by atoms with Crippen molar-refractivity contribution in [3.05, 3.63) is 18.2 Å². The van der Waals surface area contributed by atoms with Crippen LogP contribution in [0.2, 0.25) is 0 Å². The topological polar surface area (TPSA) is 50.8 Å². The van der Waals surface area contributed by atoms with Crippen LogP contribution in [0.25, 0.3) is 0 Å². The fraction of sp³-hybridized carbons (Fsp3) is 0.417. The maximum absolute atomic E-state index is 11.5. The van der Waals surface area contributed by atoms with E-state index in [9.17, 15) is 4.79 Å². The minimum Gasteiger partial charge on any atom is -0.497 e. The van der Waals surface area contributed by atoms with Crippen LogP contribution in [0.15, 0.2) is 18.2 Å². The number of fused-ring (bicyclic) bond motifs is 1. The van der Waals surface area contributed by atoms with Gasteiger partial charge in [-0.2, -0.15) is 0 Å². The van der Waals surface area contributed by atoms with E-state index < -0.39 is 0 Å². The summed E-state index contributed by atoms with van der Waals surface area (Å²) in [6, 6.07) is 5.61. The van der Waals surface area contributed by atoms with Crippen molar-refractivity contribution in [2.45, 2.75) is 0 Å². The van der Waals surface area contributed by atoms with Gasteiger partial charge in [0.2, 0.25) is 5.91 Å². The second-order valence-electron chi connectivity index (χ2n) is 3.85. The van der Waals surface area contributed by atoms with E-state index in [2.05, 4.69) is 5.32 Å². The molecule has 0 aromatic heterocycles. The normalized spacial score (nSPS) is 14.2. The van der Waals surface area contributed by atoms with E-state index in [1.165, 1.54) is 0 Å². The van der Waals surface area contributed by atoms with Gasteiger partial charge in [-0.25, -0.2) is 0 Å². The number of hydrogen-bond acceptors (Lipinski definition) is 4. The number of nitrogens with zero attached hydrogens (tertiary/aromatic N) is 1. The summed E-state index contributed by atoms with van der Waals surface area (Å²) < 4.78 is 10.2. The van der Waals surface area contributed by atoms with Crippen LogP contribution in [-0.4, -0.2) is 39.8 Å². The lowest BCUT2D eigenvalue weighted by atomic mass is 10.2. The predicted molar refractivity (Wildman–Crippen MR) is 65.7 cm³/mol. The zero-order valence-corrected chi connectivity index (χ0v) is 10.0. The molecule has 0 spiro atoms. The summed E-state index contributed by atoms with van der Waals surface area (Å²) in [6.45, 7) is 1.62. The first-order valence-electron chi connectivity index (χ1n) is 5.46. The molecular weight excluding hydrogens is 220 g/mol. The third-order valence-electron chi connectivity index (χ3n) is 2.72. The number of carbonyl (C=O) groups is 1. The van der Waals surface area contributed by atoms with Gasteiger partial charge in [0.05, 0.1) is 31.6 Å². The van der Waals surface area contributed by atoms with Crippen molar-refractivity contribution in [3.8, 4) is 5.75 Å². The van der Waals surface area contributed by atoms with Gasteiger partial charge in [0, 0.05) is 19.7 Å². The number of rotatable bonds is 4. The smallest absolute Gasteiger partial charge is 0.243 e. The largest absolute Gasteiger partial charge is 0.497 e. The van der Waals surface area contributed by atoms with Crippen LogP contribution >= 0.6 is 0 Å². The first-order chi connectivity index (χ1) is 8.24. The molecule has 1 aromatic carbocycles. The molecule has 92 valence electrons. The minimum absolute atomic E-state index is 0.00114. The highest BCUT2D eigenvalue weighted by molar-refractivity contribution is 6.01. The molecule has 1 amide bonds. The third-order valence-corrected chi connectivity index (χ3v) is 2.72. The summed E-state index contributed by atoms with van der Waals surface area (Å²) in [5.41, 5.74) is 1.79. The fourth-order valence-electron chi connectivity index (χ4n) is 1.86. The maximum Gasteiger partial charge on any atom is 0.243 e. The van der Waals surface area contributed by atoms with E-state index in [4.69, 9.17) is 9.47 Å². The Hall–Kier alpha value is -1.75. The average Bonchev–Trinajstić information content (AvgIpc) is 2.35. The summed E-state index contributed by atoms with van der Waals surface area (Å²) in [7, 11) is 3.28. The monoisotopic (exact) mass is 236 g/mol. The lowest BCUT2D eigenvalue weighted by Crippen LogP contribution is -2.39. The Morgan fingerprint density at radius 3 is 2.94 bits per heavy atom. The number of anilines is 2. The Bertz CT molecular complexity index is 420. The van der Waals surface area contributed by atoms with Gasteiger partial charge in [-0.1, -0.05) is 0 Å². The molecule has 0 fully saturated rings. The zero-order valence-electron chi connectivity index (χ0n) is 10.0. The van der Waals surface area contributed by atoms with Crippen LogP contribution in [-0.2, 0) is 9.53 Å². The van der Waals surface area contributed by atoms with Crippen LogP contribution in [0.3, 0.4) is 0 Å². The molecule has 1 aromatic rings. The maximum atomic E-state index is 11.5. The van der Waals surface area contributed by atoms with Gasteiger partial charge < -0.3 is 19.7 Å². The quantitative estimate of drug-likeness (QED) is 0.850. The number of amides is 1. The van der Waals surface area contributed by atoms with Crippen LogP contribution < -0.4 is 15.0 Å². The lowest BCUT2D eigenvalue weighted by molar-refractivity contribution is -0.115. The fourth-order valence-corrected chi connectivity index (χ4v) is 1.86. The Balaban J connectivity index is 2.28. The van der Waals surface area contributed by atoms with Gasteiger partial charge in [0.25, 0.3) is 0 Å². The third kappa shape index (κ3) is 2.50. The van der Waals surface area contributed by atoms with Gasteiger partial charge in [0.15, 0.2) is 0 Å². The highest BCUT2D eigenvalue weighted by Gasteiger charge is 2.21. The van der Waals surface area contributed by atoms with Gasteiger partial charge in [-0.15, -0.1) is 0 Å². The molecule has 0 unspecified atom stereocenters. The highest BCUT2D eigenvalue weighted by atomic mass is 16.5. The number of benzene rings is 1. The molecule has 0 aliphatic carbocycles. The average molecular weight is 236 g/mol. The van der Waals surface area contributed by atoms with Crippen molar-refractivity contribution in [1.82, 2.24) is 0 Å². The van der Waals surface area contributed by atoms with Crippen molar-refractivity contribution in [2.75, 3.05) is 44.1 Å². The van der Waals surface area contributed by atoms with Crippen LogP contribution in [0.1, 0.15) is 0 Å². The van der Waals surface area contributed by atoms with E-state index in [0.29, 0.717) is 19.7 Å². The van der Waals surface area contributed by atoms with Crippen molar-refractivity contribution >= 4 is 17.3 Å². The number of nitrogens with one attached hydrogen (secondary N) is 1. The van der Waals surface area contributed by atoms with E-state index in [1.807, 2.05) is 23.1 Å². The number of carbonyl (C=O) groups excluding carboxylic acids is 1. The number of ether oxygens (including phenoxy) is 2. The minimum atomic E-state index is -0.00114. The van der Waals surface area contributed by atoms with Gasteiger partial charge >= 0.3 is 0 Å². The van der Waals surface area contributed by atoms with E-state index in [0.717, 1.165) is 17.1 Å². The van der Waals surface area contributed by atoms with Crippen LogP contribution in [0.4, 0.5) is 11.4 Å². The molecule has 5 heteroatoms. The first kappa shape index (κ1) is 11.7. The lowest BCUT2D eigenvalue weighted by Gasteiger charge is -2.30. The summed E-state index contributed by atoms with van der Waals surface area (Å²) in [5.74, 6) is 0.779. The summed E-state index contributed by atoms with van der Waals surface area (Å²) in [4.78, 5) is 13.5. The molecule has 17 heavy (non-hydrogen) atoms. The molecule has 1 heterocycles. The molecule has 1 aliphatic rings. The Kier molecular flexibility index (Phi) is 3.49. The Morgan fingerprint density at radius 2 is 2.24 bits per heavy atom. The predicted octanol–water partition coefficient (Wildman–Crippen LogP) is 1.10. The van der Waals surface area contributed by atoms with Crippen LogP contribution in [0, 0.1) is 0 Å². The number of hydrogen-bond donors (Lipinski definition) is 1. The molecule has 0 saturated heterocycles. The van der Waals surface area contributed by atoms with Crippen molar-refractivity contribution in [3.63, 3.8) is 0 Å². The summed E-state index contributed by atoms with van der Waals surface area (Å²) in [5, 5.41) is 2.84. The molecule has 2 rings (SSSR count). The molecule has 1 N–H and O–H groups in total. The zero-order chi connectivity index (χ0) is 12.3. The Labute approximate surface area is 100 Å². The molecule has 5 nitrogen and oxygen atoms in total. The molecule has 0 bridgehead atoms. The first-order valence-corrected chi connectivity index (χ1v) is 5.46. The molecule has 0 radical (unpaired) electrons.